The number of Topliss-reactive ketones (excluding diaryl/α,β-unsaturated/α-hetero) is 1. The van der Waals surface area contributed by atoms with Crippen molar-refractivity contribution in [2.24, 2.45) is 0 Å². The van der Waals surface area contributed by atoms with Gasteiger partial charge in [-0.3, -0.25) is 4.79 Å². The Kier molecular flexibility index (Phi) is 4.49. The molecule has 0 amide bonds. The van der Waals surface area contributed by atoms with E-state index in [1.807, 2.05) is 0 Å². The molecular formula is C11H14O4S. The second-order valence-corrected chi connectivity index (χ2v) is 4.50. The van der Waals surface area contributed by atoms with Gasteiger partial charge >= 0.3 is 0 Å². The molecule has 1 N–H and O–H groups in total. The van der Waals surface area contributed by atoms with Crippen molar-refractivity contribution in [2.45, 2.75) is 24.3 Å². The first-order valence-corrected chi connectivity index (χ1v) is 5.44. The molecule has 0 heterocycles. The molecule has 0 fully saturated rings. The fourth-order valence-corrected chi connectivity index (χ4v) is 1.48. The van der Waals surface area contributed by atoms with Crippen LogP contribution < -0.4 is 0 Å². The molecular weight excluding hydrogens is 228 g/mol. The van der Waals surface area contributed by atoms with Crippen LogP contribution in [0.3, 0.4) is 0 Å². The summed E-state index contributed by atoms with van der Waals surface area (Å²) in [5.41, 5.74) is -0.883. The SMILES string of the molecule is COOSc1ccc(C(=O)C(C)(C)O)cc1. The molecule has 0 aliphatic heterocycles. The minimum atomic E-state index is -1.35. The summed E-state index contributed by atoms with van der Waals surface area (Å²) >= 11 is 1.05. The Morgan fingerprint density at radius 3 is 2.31 bits per heavy atom. The molecule has 16 heavy (non-hydrogen) atoms. The molecule has 0 aliphatic carbocycles. The molecule has 0 bridgehead atoms. The second-order valence-electron chi connectivity index (χ2n) is 3.73. The van der Waals surface area contributed by atoms with Gasteiger partial charge in [0, 0.05) is 10.5 Å². The second kappa shape index (κ2) is 5.45. The van der Waals surface area contributed by atoms with Gasteiger partial charge in [0.2, 0.25) is 0 Å². The van der Waals surface area contributed by atoms with Crippen LogP contribution in [0.5, 0.6) is 0 Å². The Morgan fingerprint density at radius 1 is 1.31 bits per heavy atom. The van der Waals surface area contributed by atoms with Crippen LogP contribution >= 0.6 is 12.0 Å². The molecule has 0 aliphatic rings. The highest BCUT2D eigenvalue weighted by atomic mass is 32.2. The normalized spacial score (nSPS) is 11.5. The molecule has 4 nitrogen and oxygen atoms in total. The number of carbonyl (C=O) groups is 1. The van der Waals surface area contributed by atoms with Gasteiger partial charge < -0.3 is 5.11 Å². The standard InChI is InChI=1S/C11H14O4S/c1-11(2,13)10(12)8-4-6-9(7-5-8)16-15-14-3/h4-7,13H,1-3H3. The van der Waals surface area contributed by atoms with E-state index < -0.39 is 5.60 Å². The lowest BCUT2D eigenvalue weighted by molar-refractivity contribution is -0.160. The minimum absolute atomic E-state index is 0.309. The lowest BCUT2D eigenvalue weighted by Crippen LogP contribution is -2.30. The lowest BCUT2D eigenvalue weighted by atomic mass is 9.97. The van der Waals surface area contributed by atoms with E-state index in [1.165, 1.54) is 21.0 Å². The molecule has 0 saturated heterocycles. The fourth-order valence-electron chi connectivity index (χ4n) is 1.09. The number of ketones is 1. The zero-order valence-electron chi connectivity index (χ0n) is 9.39. The van der Waals surface area contributed by atoms with Crippen LogP contribution in [0.1, 0.15) is 24.2 Å². The van der Waals surface area contributed by atoms with Gasteiger partial charge in [-0.25, -0.2) is 4.89 Å². The first-order valence-electron chi connectivity index (χ1n) is 4.69. The molecule has 0 aromatic heterocycles. The van der Waals surface area contributed by atoms with E-state index in [1.54, 1.807) is 24.3 Å². The smallest absolute Gasteiger partial charge is 0.193 e. The van der Waals surface area contributed by atoms with Crippen LogP contribution in [0.15, 0.2) is 29.2 Å². The van der Waals surface area contributed by atoms with Crippen molar-refractivity contribution in [3.8, 4) is 0 Å². The number of aliphatic hydroxyl groups is 1. The Morgan fingerprint density at radius 2 is 1.88 bits per heavy atom. The van der Waals surface area contributed by atoms with Gasteiger partial charge in [-0.2, -0.15) is 4.33 Å². The maximum atomic E-state index is 11.7. The van der Waals surface area contributed by atoms with E-state index in [2.05, 4.69) is 9.22 Å². The first kappa shape index (κ1) is 13.2. The molecule has 1 aromatic carbocycles. The fraction of sp³-hybridized carbons (Fsp3) is 0.364. The third kappa shape index (κ3) is 3.61. The van der Waals surface area contributed by atoms with Crippen molar-refractivity contribution >= 4 is 17.8 Å². The summed E-state index contributed by atoms with van der Waals surface area (Å²) in [6, 6.07) is 6.73. The predicted molar refractivity (Wildman–Crippen MR) is 61.0 cm³/mol. The van der Waals surface area contributed by atoms with E-state index in [0.717, 1.165) is 16.9 Å². The van der Waals surface area contributed by atoms with Crippen LogP contribution in [-0.4, -0.2) is 23.6 Å². The molecule has 5 heteroatoms. The first-order chi connectivity index (χ1) is 7.45. The van der Waals surface area contributed by atoms with Crippen LogP contribution in [-0.2, 0) is 9.22 Å². The van der Waals surface area contributed by atoms with Gasteiger partial charge in [0.25, 0.3) is 0 Å². The molecule has 88 valence electrons. The van der Waals surface area contributed by atoms with Crippen LogP contribution in [0.25, 0.3) is 0 Å². The van der Waals surface area contributed by atoms with Crippen molar-refractivity contribution in [1.82, 2.24) is 0 Å². The Balaban J connectivity index is 2.75. The summed E-state index contributed by atoms with van der Waals surface area (Å²) in [7, 11) is 1.42. The third-order valence-corrected chi connectivity index (χ3v) is 2.54. The largest absolute Gasteiger partial charge is 0.382 e. The maximum absolute atomic E-state index is 11.7. The summed E-state index contributed by atoms with van der Waals surface area (Å²) in [5, 5.41) is 9.55. The lowest BCUT2D eigenvalue weighted by Gasteiger charge is -2.15. The van der Waals surface area contributed by atoms with Gasteiger partial charge in [-0.15, -0.1) is 0 Å². The Labute approximate surface area is 98.7 Å². The van der Waals surface area contributed by atoms with Crippen molar-refractivity contribution in [2.75, 3.05) is 7.11 Å². The van der Waals surface area contributed by atoms with Gasteiger partial charge in [0.1, 0.15) is 5.60 Å². The van der Waals surface area contributed by atoms with Gasteiger partial charge in [0.05, 0.1) is 19.2 Å². The van der Waals surface area contributed by atoms with Crippen molar-refractivity contribution in [1.29, 1.82) is 0 Å². The quantitative estimate of drug-likeness (QED) is 0.371. The summed E-state index contributed by atoms with van der Waals surface area (Å²) in [6.07, 6.45) is 0. The topological polar surface area (TPSA) is 55.8 Å². The van der Waals surface area contributed by atoms with Crippen molar-refractivity contribution < 1.29 is 19.1 Å². The van der Waals surface area contributed by atoms with E-state index >= 15 is 0 Å². The average Bonchev–Trinajstić information content (AvgIpc) is 2.25. The number of hydrogen-bond donors (Lipinski definition) is 1. The Hall–Kier alpha value is -0.880. The van der Waals surface area contributed by atoms with E-state index in [9.17, 15) is 9.90 Å². The molecule has 1 rings (SSSR count). The molecule has 0 spiro atoms. The highest BCUT2D eigenvalue weighted by molar-refractivity contribution is 7.94. The van der Waals surface area contributed by atoms with Crippen LogP contribution in [0.2, 0.25) is 0 Å². The summed E-state index contributed by atoms with van der Waals surface area (Å²) in [5.74, 6) is -0.309. The number of hydrogen-bond acceptors (Lipinski definition) is 5. The third-order valence-electron chi connectivity index (χ3n) is 1.87. The molecule has 0 unspecified atom stereocenters. The molecule has 0 radical (unpaired) electrons. The maximum Gasteiger partial charge on any atom is 0.193 e. The van der Waals surface area contributed by atoms with E-state index in [4.69, 9.17) is 0 Å². The minimum Gasteiger partial charge on any atom is -0.382 e. The van der Waals surface area contributed by atoms with Crippen LogP contribution in [0.4, 0.5) is 0 Å². The van der Waals surface area contributed by atoms with E-state index in [-0.39, 0.29) is 5.78 Å². The average molecular weight is 242 g/mol. The van der Waals surface area contributed by atoms with Gasteiger partial charge in [-0.1, -0.05) is 12.1 Å². The molecule has 0 saturated carbocycles. The van der Waals surface area contributed by atoms with Gasteiger partial charge in [0.15, 0.2) is 5.78 Å². The van der Waals surface area contributed by atoms with Crippen molar-refractivity contribution in [3.05, 3.63) is 29.8 Å². The summed E-state index contributed by atoms with van der Waals surface area (Å²) in [4.78, 5) is 16.9. The van der Waals surface area contributed by atoms with Crippen molar-refractivity contribution in [3.63, 3.8) is 0 Å². The number of benzene rings is 1. The monoisotopic (exact) mass is 242 g/mol. The highest BCUT2D eigenvalue weighted by Gasteiger charge is 2.24. The number of rotatable bonds is 5. The molecule has 0 atom stereocenters. The number of carbonyl (C=O) groups excluding carboxylic acids is 1. The van der Waals surface area contributed by atoms with Gasteiger partial charge in [-0.05, 0) is 26.0 Å². The summed E-state index contributed by atoms with van der Waals surface area (Å²) in [6.45, 7) is 2.93. The Bertz CT molecular complexity index is 353. The highest BCUT2D eigenvalue weighted by Crippen LogP contribution is 2.21. The van der Waals surface area contributed by atoms with Crippen LogP contribution in [0, 0.1) is 0 Å². The molecule has 1 aromatic rings. The predicted octanol–water partition coefficient (Wildman–Crippen LogP) is 2.23. The summed E-state index contributed by atoms with van der Waals surface area (Å²) < 4.78 is 4.67. The van der Waals surface area contributed by atoms with E-state index in [0.29, 0.717) is 5.56 Å². The zero-order chi connectivity index (χ0) is 12.2. The zero-order valence-corrected chi connectivity index (χ0v) is 10.2.